The van der Waals surface area contributed by atoms with Crippen molar-refractivity contribution in [1.82, 2.24) is 9.88 Å². The first-order chi connectivity index (χ1) is 9.55. The minimum Gasteiger partial charge on any atom is -0.350 e. The highest BCUT2D eigenvalue weighted by Crippen LogP contribution is 2.35. The molecule has 1 aliphatic rings. The molecule has 0 spiro atoms. The number of benzene rings is 1. The van der Waals surface area contributed by atoms with Crippen LogP contribution in [0.1, 0.15) is 45.1 Å². The lowest BCUT2D eigenvalue weighted by atomic mass is 9.75. The first-order valence-electron chi connectivity index (χ1n) is 7.81. The van der Waals surface area contributed by atoms with Gasteiger partial charge in [0.15, 0.2) is 0 Å². The Hall–Kier alpha value is -1.28. The summed E-state index contributed by atoms with van der Waals surface area (Å²) in [5.41, 5.74) is 3.31. The molecule has 1 aromatic carbocycles. The summed E-state index contributed by atoms with van der Waals surface area (Å²) in [5, 5.41) is 5.16. The third-order valence-electron chi connectivity index (χ3n) is 4.90. The van der Waals surface area contributed by atoms with Crippen molar-refractivity contribution in [3.63, 3.8) is 0 Å². The second-order valence-corrected chi connectivity index (χ2v) is 7.10. The molecule has 0 atom stereocenters. The van der Waals surface area contributed by atoms with E-state index in [1.807, 2.05) is 0 Å². The Labute approximate surface area is 122 Å². The van der Waals surface area contributed by atoms with Crippen molar-refractivity contribution in [2.45, 2.75) is 52.1 Å². The van der Waals surface area contributed by atoms with E-state index in [0.717, 1.165) is 6.54 Å². The highest BCUT2D eigenvalue weighted by Gasteiger charge is 2.26. The number of nitrogens with one attached hydrogen (secondary N) is 1. The largest absolute Gasteiger partial charge is 0.350 e. The smallest absolute Gasteiger partial charge is 0.0481 e. The van der Waals surface area contributed by atoms with Gasteiger partial charge >= 0.3 is 0 Å². The number of aromatic nitrogens is 1. The predicted molar refractivity (Wildman–Crippen MR) is 85.8 cm³/mol. The van der Waals surface area contributed by atoms with E-state index in [4.69, 9.17) is 0 Å². The van der Waals surface area contributed by atoms with Gasteiger partial charge in [0.2, 0.25) is 0 Å². The SMILES string of the molecule is Cn1cc(CNC2CCC(C)(C)CC2)c2ccccc21. The number of rotatable bonds is 3. The van der Waals surface area contributed by atoms with Crippen molar-refractivity contribution in [3.8, 4) is 0 Å². The Morgan fingerprint density at radius 2 is 1.90 bits per heavy atom. The number of fused-ring (bicyclic) bond motifs is 1. The zero-order valence-electron chi connectivity index (χ0n) is 12.9. The van der Waals surface area contributed by atoms with Gasteiger partial charge in [-0.1, -0.05) is 32.0 Å². The number of para-hydroxylation sites is 1. The third kappa shape index (κ3) is 2.76. The molecule has 1 fully saturated rings. The van der Waals surface area contributed by atoms with Crippen LogP contribution < -0.4 is 5.32 Å². The molecule has 0 bridgehead atoms. The molecule has 0 aliphatic heterocycles. The van der Waals surface area contributed by atoms with Crippen molar-refractivity contribution in [2.75, 3.05) is 0 Å². The number of hydrogen-bond acceptors (Lipinski definition) is 1. The Morgan fingerprint density at radius 3 is 2.65 bits per heavy atom. The normalized spacial score (nSPS) is 19.6. The van der Waals surface area contributed by atoms with Gasteiger partial charge in [0.1, 0.15) is 0 Å². The minimum atomic E-state index is 0.553. The van der Waals surface area contributed by atoms with Crippen LogP contribution in [-0.2, 0) is 13.6 Å². The van der Waals surface area contributed by atoms with Crippen LogP contribution in [0.2, 0.25) is 0 Å². The second kappa shape index (κ2) is 5.25. The molecule has 0 amide bonds. The third-order valence-corrected chi connectivity index (χ3v) is 4.90. The van der Waals surface area contributed by atoms with Gasteiger partial charge in [0.25, 0.3) is 0 Å². The first-order valence-corrected chi connectivity index (χ1v) is 7.81. The highest BCUT2D eigenvalue weighted by atomic mass is 14.9. The summed E-state index contributed by atoms with van der Waals surface area (Å²) >= 11 is 0. The van der Waals surface area contributed by atoms with E-state index in [1.54, 1.807) is 0 Å². The van der Waals surface area contributed by atoms with E-state index in [-0.39, 0.29) is 0 Å². The standard InChI is InChI=1S/C18H26N2/c1-18(2)10-8-15(9-11-18)19-12-14-13-20(3)17-7-5-4-6-16(14)17/h4-7,13,15,19H,8-12H2,1-3H3. The predicted octanol–water partition coefficient (Wildman–Crippen LogP) is 4.24. The molecule has 0 radical (unpaired) electrons. The Bertz CT molecular complexity index is 584. The molecule has 108 valence electrons. The molecular weight excluding hydrogens is 244 g/mol. The van der Waals surface area contributed by atoms with Gasteiger partial charge in [-0.15, -0.1) is 0 Å². The maximum Gasteiger partial charge on any atom is 0.0481 e. The van der Waals surface area contributed by atoms with Crippen LogP contribution in [0, 0.1) is 5.41 Å². The van der Waals surface area contributed by atoms with Gasteiger partial charge in [-0.2, -0.15) is 0 Å². The molecular formula is C18H26N2. The molecule has 1 aromatic heterocycles. The fourth-order valence-corrected chi connectivity index (χ4v) is 3.42. The topological polar surface area (TPSA) is 17.0 Å². The quantitative estimate of drug-likeness (QED) is 0.883. The molecule has 0 saturated heterocycles. The van der Waals surface area contributed by atoms with Gasteiger partial charge in [-0.25, -0.2) is 0 Å². The lowest BCUT2D eigenvalue weighted by molar-refractivity contribution is 0.206. The fourth-order valence-electron chi connectivity index (χ4n) is 3.42. The Balaban J connectivity index is 1.66. The van der Waals surface area contributed by atoms with E-state index in [1.165, 1.54) is 42.1 Å². The lowest BCUT2D eigenvalue weighted by Gasteiger charge is -2.34. The average molecular weight is 270 g/mol. The van der Waals surface area contributed by atoms with E-state index in [9.17, 15) is 0 Å². The van der Waals surface area contributed by atoms with E-state index in [2.05, 4.69) is 61.2 Å². The summed E-state index contributed by atoms with van der Waals surface area (Å²) < 4.78 is 2.23. The van der Waals surface area contributed by atoms with Gasteiger partial charge in [-0.3, -0.25) is 0 Å². The van der Waals surface area contributed by atoms with Crippen molar-refractivity contribution >= 4 is 10.9 Å². The minimum absolute atomic E-state index is 0.553. The fraction of sp³-hybridized carbons (Fsp3) is 0.556. The van der Waals surface area contributed by atoms with E-state index >= 15 is 0 Å². The van der Waals surface area contributed by atoms with Gasteiger partial charge in [-0.05, 0) is 42.7 Å². The van der Waals surface area contributed by atoms with Gasteiger partial charge in [0, 0.05) is 36.7 Å². The summed E-state index contributed by atoms with van der Waals surface area (Å²) in [6.45, 7) is 5.79. The maximum absolute atomic E-state index is 3.77. The lowest BCUT2D eigenvalue weighted by Crippen LogP contribution is -2.35. The summed E-state index contributed by atoms with van der Waals surface area (Å²) in [6, 6.07) is 9.37. The van der Waals surface area contributed by atoms with Gasteiger partial charge < -0.3 is 9.88 Å². The van der Waals surface area contributed by atoms with Crippen molar-refractivity contribution in [3.05, 3.63) is 36.0 Å². The van der Waals surface area contributed by atoms with E-state index < -0.39 is 0 Å². The van der Waals surface area contributed by atoms with Crippen molar-refractivity contribution < 1.29 is 0 Å². The second-order valence-electron chi connectivity index (χ2n) is 7.10. The van der Waals surface area contributed by atoms with Crippen LogP contribution in [0.4, 0.5) is 0 Å². The summed E-state index contributed by atoms with van der Waals surface area (Å²) in [6.07, 6.45) is 7.60. The molecule has 2 heteroatoms. The van der Waals surface area contributed by atoms with Crippen molar-refractivity contribution in [1.29, 1.82) is 0 Å². The van der Waals surface area contributed by atoms with Crippen LogP contribution in [0.15, 0.2) is 30.5 Å². The van der Waals surface area contributed by atoms with Gasteiger partial charge in [0.05, 0.1) is 0 Å². The Morgan fingerprint density at radius 1 is 1.20 bits per heavy atom. The number of hydrogen-bond donors (Lipinski definition) is 1. The monoisotopic (exact) mass is 270 g/mol. The summed E-state index contributed by atoms with van der Waals surface area (Å²) in [7, 11) is 2.13. The molecule has 3 rings (SSSR count). The zero-order chi connectivity index (χ0) is 14.2. The van der Waals surface area contributed by atoms with Crippen molar-refractivity contribution in [2.24, 2.45) is 12.5 Å². The molecule has 2 aromatic rings. The zero-order valence-corrected chi connectivity index (χ0v) is 12.9. The molecule has 1 N–H and O–H groups in total. The van der Waals surface area contributed by atoms with Crippen LogP contribution in [0.5, 0.6) is 0 Å². The average Bonchev–Trinajstić information content (AvgIpc) is 2.75. The summed E-state index contributed by atoms with van der Waals surface area (Å²) in [4.78, 5) is 0. The molecule has 2 nitrogen and oxygen atoms in total. The molecule has 1 saturated carbocycles. The van der Waals surface area contributed by atoms with Crippen LogP contribution in [-0.4, -0.2) is 10.6 Å². The highest BCUT2D eigenvalue weighted by molar-refractivity contribution is 5.83. The van der Waals surface area contributed by atoms with Crippen LogP contribution in [0.25, 0.3) is 10.9 Å². The molecule has 20 heavy (non-hydrogen) atoms. The van der Waals surface area contributed by atoms with Crippen LogP contribution >= 0.6 is 0 Å². The maximum atomic E-state index is 3.77. The van der Waals surface area contributed by atoms with Crippen LogP contribution in [0.3, 0.4) is 0 Å². The summed E-state index contributed by atoms with van der Waals surface area (Å²) in [5.74, 6) is 0. The molecule has 1 aliphatic carbocycles. The Kier molecular flexibility index (Phi) is 3.59. The van der Waals surface area contributed by atoms with E-state index in [0.29, 0.717) is 11.5 Å². The first kappa shape index (κ1) is 13.7. The number of nitrogens with zero attached hydrogens (tertiary/aromatic N) is 1. The molecule has 0 unspecified atom stereocenters. The number of aryl methyl sites for hydroxylation is 1. The molecule has 1 heterocycles.